The summed E-state index contributed by atoms with van der Waals surface area (Å²) in [6.45, 7) is 4.77. The highest BCUT2D eigenvalue weighted by molar-refractivity contribution is 6.30. The minimum absolute atomic E-state index is 0.416. The van der Waals surface area contributed by atoms with E-state index < -0.39 is 0 Å². The Bertz CT molecular complexity index is 552. The number of aryl methyl sites for hydroxylation is 1. The van der Waals surface area contributed by atoms with Gasteiger partial charge >= 0.3 is 0 Å². The maximum absolute atomic E-state index is 6.19. The molecule has 1 spiro atoms. The van der Waals surface area contributed by atoms with E-state index in [1.54, 1.807) is 5.56 Å². The number of hydrogen-bond acceptors (Lipinski definition) is 2. The molecule has 2 nitrogen and oxygen atoms in total. The van der Waals surface area contributed by atoms with Crippen LogP contribution in [0.25, 0.3) is 0 Å². The SMILES string of the molecule is CC(NC1CC12CCCc1cc(Cl)ccc12)C1CCNCC1. The first-order chi connectivity index (χ1) is 10.7. The fourth-order valence-corrected chi connectivity index (χ4v) is 5.07. The second kappa shape index (κ2) is 5.81. The summed E-state index contributed by atoms with van der Waals surface area (Å²) >= 11 is 6.19. The van der Waals surface area contributed by atoms with E-state index >= 15 is 0 Å². The van der Waals surface area contributed by atoms with Gasteiger partial charge in [0.2, 0.25) is 0 Å². The zero-order valence-electron chi connectivity index (χ0n) is 13.5. The van der Waals surface area contributed by atoms with Crippen LogP contribution in [0.4, 0.5) is 0 Å². The van der Waals surface area contributed by atoms with Crippen LogP contribution in [-0.2, 0) is 11.8 Å². The lowest BCUT2D eigenvalue weighted by Gasteiger charge is -2.31. The molecule has 2 N–H and O–H groups in total. The third-order valence-electron chi connectivity index (χ3n) is 6.30. The Morgan fingerprint density at radius 2 is 2.14 bits per heavy atom. The van der Waals surface area contributed by atoms with Crippen molar-refractivity contribution in [3.63, 3.8) is 0 Å². The van der Waals surface area contributed by atoms with E-state index in [-0.39, 0.29) is 0 Å². The molecule has 120 valence electrons. The predicted octanol–water partition coefficient (Wildman–Crippen LogP) is 3.66. The first-order valence-electron chi connectivity index (χ1n) is 8.95. The fraction of sp³-hybridized carbons (Fsp3) is 0.684. The van der Waals surface area contributed by atoms with Gasteiger partial charge in [-0.2, -0.15) is 0 Å². The predicted molar refractivity (Wildman–Crippen MR) is 92.7 cm³/mol. The number of halogens is 1. The molecule has 1 saturated carbocycles. The van der Waals surface area contributed by atoms with Crippen LogP contribution in [0.5, 0.6) is 0 Å². The monoisotopic (exact) mass is 318 g/mol. The molecule has 3 aliphatic rings. The van der Waals surface area contributed by atoms with E-state index in [1.807, 2.05) is 0 Å². The summed E-state index contributed by atoms with van der Waals surface area (Å²) in [4.78, 5) is 0. The van der Waals surface area contributed by atoms with Crippen LogP contribution in [0.1, 0.15) is 50.2 Å². The van der Waals surface area contributed by atoms with Crippen molar-refractivity contribution >= 4 is 11.6 Å². The highest BCUT2D eigenvalue weighted by Gasteiger charge is 2.56. The molecule has 0 radical (unpaired) electrons. The van der Waals surface area contributed by atoms with Gasteiger partial charge in [-0.25, -0.2) is 0 Å². The molecule has 2 aliphatic carbocycles. The molecule has 3 heteroatoms. The molecule has 1 heterocycles. The summed E-state index contributed by atoms with van der Waals surface area (Å²) in [6.07, 6.45) is 7.82. The largest absolute Gasteiger partial charge is 0.317 e. The zero-order valence-corrected chi connectivity index (χ0v) is 14.3. The van der Waals surface area contributed by atoms with Gasteiger partial charge in [-0.3, -0.25) is 0 Å². The summed E-state index contributed by atoms with van der Waals surface area (Å²) in [6, 6.07) is 7.90. The van der Waals surface area contributed by atoms with Crippen LogP contribution >= 0.6 is 11.6 Å². The van der Waals surface area contributed by atoms with Crippen LogP contribution in [-0.4, -0.2) is 25.2 Å². The van der Waals surface area contributed by atoms with Crippen molar-refractivity contribution in [2.45, 2.75) is 62.9 Å². The number of piperidine rings is 1. The summed E-state index contributed by atoms with van der Waals surface area (Å²) in [5.41, 5.74) is 3.50. The Kier molecular flexibility index (Phi) is 3.96. The third-order valence-corrected chi connectivity index (χ3v) is 6.54. The summed E-state index contributed by atoms with van der Waals surface area (Å²) in [5.74, 6) is 0.840. The molecule has 1 saturated heterocycles. The molecule has 1 aliphatic heterocycles. The number of nitrogens with one attached hydrogen (secondary N) is 2. The smallest absolute Gasteiger partial charge is 0.0408 e. The highest BCUT2D eigenvalue weighted by Crippen LogP contribution is 2.56. The second-order valence-electron chi connectivity index (χ2n) is 7.61. The molecule has 3 unspecified atom stereocenters. The fourth-order valence-electron chi connectivity index (χ4n) is 4.88. The van der Waals surface area contributed by atoms with Gasteiger partial charge in [0, 0.05) is 22.5 Å². The average molecular weight is 319 g/mol. The van der Waals surface area contributed by atoms with Crippen LogP contribution in [0.3, 0.4) is 0 Å². The van der Waals surface area contributed by atoms with Crippen molar-refractivity contribution in [3.05, 3.63) is 34.3 Å². The first kappa shape index (κ1) is 15.0. The van der Waals surface area contributed by atoms with Crippen LogP contribution in [0.2, 0.25) is 5.02 Å². The van der Waals surface area contributed by atoms with Gasteiger partial charge in [0.25, 0.3) is 0 Å². The maximum Gasteiger partial charge on any atom is 0.0408 e. The van der Waals surface area contributed by atoms with Gasteiger partial charge in [0.05, 0.1) is 0 Å². The normalized spacial score (nSPS) is 32.7. The van der Waals surface area contributed by atoms with Crippen molar-refractivity contribution in [1.82, 2.24) is 10.6 Å². The van der Waals surface area contributed by atoms with Gasteiger partial charge in [-0.05, 0) is 87.7 Å². The van der Waals surface area contributed by atoms with E-state index in [4.69, 9.17) is 11.6 Å². The Balaban J connectivity index is 1.47. The standard InChI is InChI=1S/C19H27ClN2/c1-13(14-6-9-21-10-7-14)22-18-12-19(18)8-2-3-15-11-16(20)4-5-17(15)19/h4-5,11,13-14,18,21-22H,2-3,6-10,12H2,1H3. The lowest BCUT2D eigenvalue weighted by Crippen LogP contribution is -2.42. The molecule has 22 heavy (non-hydrogen) atoms. The minimum Gasteiger partial charge on any atom is -0.317 e. The Labute approximate surface area is 139 Å². The number of fused-ring (bicyclic) bond motifs is 2. The average Bonchev–Trinajstić information content (AvgIpc) is 3.20. The minimum atomic E-state index is 0.416. The molecule has 0 aromatic heterocycles. The van der Waals surface area contributed by atoms with Gasteiger partial charge in [-0.1, -0.05) is 17.7 Å². The van der Waals surface area contributed by atoms with Crippen molar-refractivity contribution in [1.29, 1.82) is 0 Å². The van der Waals surface area contributed by atoms with Crippen molar-refractivity contribution < 1.29 is 0 Å². The van der Waals surface area contributed by atoms with Gasteiger partial charge in [0.15, 0.2) is 0 Å². The third kappa shape index (κ3) is 2.60. The van der Waals surface area contributed by atoms with Gasteiger partial charge in [-0.15, -0.1) is 0 Å². The molecule has 0 amide bonds. The summed E-state index contributed by atoms with van der Waals surface area (Å²) < 4.78 is 0. The molecular weight excluding hydrogens is 292 g/mol. The maximum atomic E-state index is 6.19. The van der Waals surface area contributed by atoms with Crippen molar-refractivity contribution in [3.8, 4) is 0 Å². The second-order valence-corrected chi connectivity index (χ2v) is 8.05. The Morgan fingerprint density at radius 1 is 1.32 bits per heavy atom. The Hall–Kier alpha value is -0.570. The quantitative estimate of drug-likeness (QED) is 0.888. The first-order valence-corrected chi connectivity index (χ1v) is 9.32. The number of rotatable bonds is 3. The number of hydrogen-bond donors (Lipinski definition) is 2. The van der Waals surface area contributed by atoms with E-state index in [0.29, 0.717) is 17.5 Å². The summed E-state index contributed by atoms with van der Waals surface area (Å²) in [7, 11) is 0. The molecule has 0 bridgehead atoms. The highest BCUT2D eigenvalue weighted by atomic mass is 35.5. The van der Waals surface area contributed by atoms with Crippen LogP contribution in [0, 0.1) is 5.92 Å². The molecule has 4 rings (SSSR count). The van der Waals surface area contributed by atoms with E-state index in [2.05, 4.69) is 35.8 Å². The number of benzene rings is 1. The van der Waals surface area contributed by atoms with Crippen molar-refractivity contribution in [2.24, 2.45) is 5.92 Å². The van der Waals surface area contributed by atoms with Crippen LogP contribution < -0.4 is 10.6 Å². The molecule has 1 aromatic rings. The van der Waals surface area contributed by atoms with Gasteiger partial charge in [0.1, 0.15) is 0 Å². The zero-order chi connectivity index (χ0) is 15.2. The molecule has 2 fully saturated rings. The Morgan fingerprint density at radius 3 is 2.95 bits per heavy atom. The topological polar surface area (TPSA) is 24.1 Å². The lowest BCUT2D eigenvalue weighted by molar-refractivity contribution is 0.285. The van der Waals surface area contributed by atoms with Crippen molar-refractivity contribution in [2.75, 3.05) is 13.1 Å². The molecule has 3 atom stereocenters. The van der Waals surface area contributed by atoms with E-state index in [0.717, 1.165) is 10.9 Å². The van der Waals surface area contributed by atoms with Crippen LogP contribution in [0.15, 0.2) is 18.2 Å². The molecular formula is C19H27ClN2. The van der Waals surface area contributed by atoms with E-state index in [1.165, 1.54) is 57.2 Å². The summed E-state index contributed by atoms with van der Waals surface area (Å²) in [5, 5.41) is 8.34. The molecule has 1 aromatic carbocycles. The van der Waals surface area contributed by atoms with E-state index in [9.17, 15) is 0 Å². The lowest BCUT2D eigenvalue weighted by atomic mass is 9.79. The van der Waals surface area contributed by atoms with Gasteiger partial charge < -0.3 is 10.6 Å².